The Bertz CT molecular complexity index is 1060. The highest BCUT2D eigenvalue weighted by Gasteiger charge is 2.08. The van der Waals surface area contributed by atoms with Gasteiger partial charge in [0, 0.05) is 6.07 Å². The van der Waals surface area contributed by atoms with E-state index in [0.717, 1.165) is 5.52 Å². The van der Waals surface area contributed by atoms with Crippen LogP contribution in [0.5, 0.6) is 0 Å². The molecule has 23 heavy (non-hydrogen) atoms. The van der Waals surface area contributed by atoms with Crippen molar-refractivity contribution in [2.75, 3.05) is 0 Å². The second-order valence-electron chi connectivity index (χ2n) is 4.46. The molecular formula is C14H9N3O6. The summed E-state index contributed by atoms with van der Waals surface area (Å²) in [5.41, 5.74) is 1.89. The summed E-state index contributed by atoms with van der Waals surface area (Å²) in [7, 11) is 0. The van der Waals surface area contributed by atoms with Crippen LogP contribution < -0.4 is 11.5 Å². The average Bonchev–Trinajstić information content (AvgIpc) is 3.06. The summed E-state index contributed by atoms with van der Waals surface area (Å²) < 4.78 is 9.40. The highest BCUT2D eigenvalue weighted by atomic mass is 16.6. The van der Waals surface area contributed by atoms with Crippen molar-refractivity contribution in [3.05, 3.63) is 73.7 Å². The normalized spacial score (nSPS) is 10.4. The molecule has 9 heteroatoms. The molecule has 4 rings (SSSR count). The third-order valence-electron chi connectivity index (χ3n) is 2.94. The quantitative estimate of drug-likeness (QED) is 0.408. The molecule has 0 aliphatic rings. The molecule has 0 radical (unpaired) electrons. The molecule has 2 heterocycles. The van der Waals surface area contributed by atoms with E-state index < -0.39 is 16.4 Å². The molecule has 116 valence electrons. The largest absolute Gasteiger partial charge is 0.417 e. The first-order chi connectivity index (χ1) is 11.0. The van der Waals surface area contributed by atoms with Crippen molar-refractivity contribution in [3.8, 4) is 0 Å². The SMILES string of the molecule is O=c1[nH]c2ccc([N+](=O)[O-])cc2o1.O=c1[nH]c2ccccc2o1. The van der Waals surface area contributed by atoms with E-state index in [4.69, 9.17) is 4.42 Å². The minimum Gasteiger partial charge on any atom is -0.408 e. The first kappa shape index (κ1) is 14.3. The summed E-state index contributed by atoms with van der Waals surface area (Å²) in [5, 5.41) is 10.3. The zero-order valence-corrected chi connectivity index (χ0v) is 11.4. The lowest BCUT2D eigenvalue weighted by atomic mass is 10.3. The van der Waals surface area contributed by atoms with Crippen molar-refractivity contribution in [1.29, 1.82) is 0 Å². The lowest BCUT2D eigenvalue weighted by molar-refractivity contribution is -0.384. The molecule has 0 saturated carbocycles. The van der Waals surface area contributed by atoms with Gasteiger partial charge in [-0.3, -0.25) is 20.1 Å². The Morgan fingerprint density at radius 1 is 0.870 bits per heavy atom. The molecule has 0 unspecified atom stereocenters. The molecule has 9 nitrogen and oxygen atoms in total. The van der Waals surface area contributed by atoms with E-state index in [1.807, 2.05) is 12.1 Å². The molecule has 0 amide bonds. The number of aromatic nitrogens is 2. The summed E-state index contributed by atoms with van der Waals surface area (Å²) in [5.74, 6) is -1.02. The number of nitrogens with zero attached hydrogens (tertiary/aromatic N) is 1. The van der Waals surface area contributed by atoms with Crippen molar-refractivity contribution >= 4 is 27.9 Å². The number of H-pyrrole nitrogens is 2. The fraction of sp³-hybridized carbons (Fsp3) is 0. The smallest absolute Gasteiger partial charge is 0.408 e. The summed E-state index contributed by atoms with van der Waals surface area (Å²) >= 11 is 0. The molecule has 0 bridgehead atoms. The van der Waals surface area contributed by atoms with Gasteiger partial charge >= 0.3 is 11.5 Å². The van der Waals surface area contributed by atoms with Gasteiger partial charge in [-0.15, -0.1) is 0 Å². The molecule has 2 N–H and O–H groups in total. The van der Waals surface area contributed by atoms with Crippen LogP contribution in [-0.2, 0) is 0 Å². The molecular weight excluding hydrogens is 306 g/mol. The number of rotatable bonds is 1. The Hall–Kier alpha value is -3.62. The summed E-state index contributed by atoms with van der Waals surface area (Å²) in [6.07, 6.45) is 0. The number of non-ortho nitro benzene ring substituents is 1. The predicted octanol–water partition coefficient (Wildman–Crippen LogP) is 2.15. The number of hydrogen-bond acceptors (Lipinski definition) is 6. The molecule has 0 atom stereocenters. The van der Waals surface area contributed by atoms with Crippen molar-refractivity contribution in [1.82, 2.24) is 9.97 Å². The molecule has 0 fully saturated rings. The maximum Gasteiger partial charge on any atom is 0.417 e. The van der Waals surface area contributed by atoms with Crippen LogP contribution in [0.2, 0.25) is 0 Å². The van der Waals surface area contributed by atoms with Crippen LogP contribution in [0.3, 0.4) is 0 Å². The Labute approximate surface area is 126 Å². The molecule has 0 spiro atoms. The van der Waals surface area contributed by atoms with Gasteiger partial charge in [-0.1, -0.05) is 12.1 Å². The average molecular weight is 315 g/mol. The molecule has 2 aromatic heterocycles. The van der Waals surface area contributed by atoms with Gasteiger partial charge in [0.2, 0.25) is 0 Å². The molecule has 2 aromatic carbocycles. The van der Waals surface area contributed by atoms with Crippen molar-refractivity contribution in [2.45, 2.75) is 0 Å². The first-order valence-electron chi connectivity index (χ1n) is 6.38. The lowest BCUT2D eigenvalue weighted by Crippen LogP contribution is -1.92. The number of aromatic amines is 2. The van der Waals surface area contributed by atoms with Gasteiger partial charge < -0.3 is 8.83 Å². The highest BCUT2D eigenvalue weighted by molar-refractivity contribution is 5.74. The van der Waals surface area contributed by atoms with Crippen molar-refractivity contribution < 1.29 is 13.8 Å². The van der Waals surface area contributed by atoms with Gasteiger partial charge in [0.25, 0.3) is 5.69 Å². The number of nitrogens with one attached hydrogen (secondary N) is 2. The minimum atomic E-state index is -0.615. The molecule has 0 aliphatic carbocycles. The van der Waals surface area contributed by atoms with E-state index >= 15 is 0 Å². The second-order valence-corrected chi connectivity index (χ2v) is 4.46. The van der Waals surface area contributed by atoms with E-state index in [2.05, 4.69) is 14.4 Å². The number of nitro benzene ring substituents is 1. The van der Waals surface area contributed by atoms with Crippen molar-refractivity contribution in [3.63, 3.8) is 0 Å². The summed E-state index contributed by atoms with van der Waals surface area (Å²) in [6.45, 7) is 0. The van der Waals surface area contributed by atoms with Crippen LogP contribution in [-0.4, -0.2) is 14.9 Å². The van der Waals surface area contributed by atoms with Crippen LogP contribution in [0.15, 0.2) is 60.9 Å². The van der Waals surface area contributed by atoms with Crippen molar-refractivity contribution in [2.24, 2.45) is 0 Å². The Morgan fingerprint density at radius 3 is 2.13 bits per heavy atom. The van der Waals surface area contributed by atoms with Crippen LogP contribution in [0.4, 0.5) is 5.69 Å². The Balaban J connectivity index is 0.000000140. The van der Waals surface area contributed by atoms with Gasteiger partial charge in [0.1, 0.15) is 0 Å². The van der Waals surface area contributed by atoms with Gasteiger partial charge in [-0.05, 0) is 18.2 Å². The van der Waals surface area contributed by atoms with E-state index in [1.54, 1.807) is 12.1 Å². The van der Waals surface area contributed by atoms with Gasteiger partial charge in [0.15, 0.2) is 11.2 Å². The van der Waals surface area contributed by atoms with E-state index in [-0.39, 0.29) is 11.3 Å². The number of hydrogen-bond donors (Lipinski definition) is 2. The Morgan fingerprint density at radius 2 is 1.48 bits per heavy atom. The lowest BCUT2D eigenvalue weighted by Gasteiger charge is -1.88. The van der Waals surface area contributed by atoms with Gasteiger partial charge in [0.05, 0.1) is 22.0 Å². The molecule has 4 aromatic rings. The van der Waals surface area contributed by atoms with Crippen LogP contribution in [0.1, 0.15) is 0 Å². The number of nitro groups is 1. The number of para-hydroxylation sites is 2. The fourth-order valence-corrected chi connectivity index (χ4v) is 1.94. The van der Waals surface area contributed by atoms with Gasteiger partial charge in [-0.2, -0.15) is 0 Å². The standard InChI is InChI=1S/C7H4N2O4.C7H5NO2/c10-7-8-5-2-1-4(9(11)12)3-6(5)13-7;9-7-8-5-3-1-2-4-6(5)10-7/h1-3H,(H,8,10);1-4H,(H,8,9). The van der Waals surface area contributed by atoms with Crippen LogP contribution >= 0.6 is 0 Å². The third kappa shape index (κ3) is 3.02. The topological polar surface area (TPSA) is 135 Å². The number of fused-ring (bicyclic) bond motifs is 2. The zero-order valence-electron chi connectivity index (χ0n) is 11.4. The Kier molecular flexibility index (Phi) is 3.51. The number of oxazole rings is 2. The maximum absolute atomic E-state index is 10.7. The van der Waals surface area contributed by atoms with Crippen LogP contribution in [0, 0.1) is 10.1 Å². The minimum absolute atomic E-state index is 0.102. The maximum atomic E-state index is 10.7. The predicted molar refractivity (Wildman–Crippen MR) is 80.3 cm³/mol. The summed E-state index contributed by atoms with van der Waals surface area (Å²) in [4.78, 5) is 35.9. The fourth-order valence-electron chi connectivity index (χ4n) is 1.94. The monoisotopic (exact) mass is 315 g/mol. The molecule has 0 aliphatic heterocycles. The third-order valence-corrected chi connectivity index (χ3v) is 2.94. The second kappa shape index (κ2) is 5.64. The highest BCUT2D eigenvalue weighted by Crippen LogP contribution is 2.17. The molecule has 0 saturated heterocycles. The van der Waals surface area contributed by atoms with E-state index in [1.165, 1.54) is 18.2 Å². The first-order valence-corrected chi connectivity index (χ1v) is 6.38. The van der Waals surface area contributed by atoms with Gasteiger partial charge in [-0.25, -0.2) is 9.59 Å². The zero-order chi connectivity index (χ0) is 16.4. The van der Waals surface area contributed by atoms with E-state index in [9.17, 15) is 19.7 Å². The van der Waals surface area contributed by atoms with Crippen LogP contribution in [0.25, 0.3) is 22.2 Å². The number of benzene rings is 2. The van der Waals surface area contributed by atoms with E-state index in [0.29, 0.717) is 11.1 Å². The summed E-state index contributed by atoms with van der Waals surface area (Å²) in [6, 6.07) is 11.1.